The topological polar surface area (TPSA) is 54.6 Å². The lowest BCUT2D eigenvalue weighted by molar-refractivity contribution is 0.105. The molecule has 2 aliphatic rings. The number of H-pyrrole nitrogens is 1. The van der Waals surface area contributed by atoms with E-state index in [4.69, 9.17) is 9.47 Å². The lowest BCUT2D eigenvalue weighted by Gasteiger charge is -2.19. The zero-order valence-corrected chi connectivity index (χ0v) is 15.1. The van der Waals surface area contributed by atoms with E-state index < -0.39 is 0 Å². The van der Waals surface area contributed by atoms with Crippen molar-refractivity contribution in [1.82, 2.24) is 9.88 Å². The second kappa shape index (κ2) is 6.20. The lowest BCUT2D eigenvalue weighted by atomic mass is 9.97. The first-order valence-electron chi connectivity index (χ1n) is 9.17. The first kappa shape index (κ1) is 16.0. The molecule has 0 radical (unpaired) electrons. The highest BCUT2D eigenvalue weighted by atomic mass is 16.6. The highest BCUT2D eigenvalue weighted by Crippen LogP contribution is 2.35. The first-order chi connectivity index (χ1) is 13.2. The van der Waals surface area contributed by atoms with E-state index in [1.165, 1.54) is 10.9 Å². The van der Waals surface area contributed by atoms with Crippen LogP contribution in [0.5, 0.6) is 11.5 Å². The molecule has 5 nitrogen and oxygen atoms in total. The van der Waals surface area contributed by atoms with Crippen LogP contribution in [0, 0.1) is 0 Å². The number of benzene rings is 2. The largest absolute Gasteiger partial charge is 0.486 e. The zero-order valence-electron chi connectivity index (χ0n) is 15.1. The number of likely N-dealkylation sites (N-methyl/N-ethyl adjacent to an activating group) is 1. The molecule has 0 bridgehead atoms. The Balaban J connectivity index is 1.62. The number of aromatic nitrogens is 1. The molecule has 3 heterocycles. The molecule has 3 aromatic rings. The van der Waals surface area contributed by atoms with Gasteiger partial charge in [0.2, 0.25) is 0 Å². The van der Waals surface area contributed by atoms with Gasteiger partial charge in [0.1, 0.15) is 13.2 Å². The number of ether oxygens (including phenoxy) is 2. The van der Waals surface area contributed by atoms with E-state index >= 15 is 0 Å². The predicted octanol–water partition coefficient (Wildman–Crippen LogP) is 3.65. The summed E-state index contributed by atoms with van der Waals surface area (Å²) in [6.45, 7) is 1.91. The minimum Gasteiger partial charge on any atom is -0.486 e. The summed E-state index contributed by atoms with van der Waals surface area (Å²) in [7, 11) is 2.01. The fraction of sp³-hybridized carbons (Fsp3) is 0.227. The Hall–Kier alpha value is -3.21. The Kier molecular flexibility index (Phi) is 3.67. The van der Waals surface area contributed by atoms with E-state index in [1.54, 1.807) is 6.07 Å². The fourth-order valence-corrected chi connectivity index (χ4v) is 3.84. The molecule has 0 amide bonds. The van der Waals surface area contributed by atoms with E-state index in [0.717, 1.165) is 24.2 Å². The number of nitrogens with one attached hydrogen (secondary N) is 1. The molecule has 0 unspecified atom stereocenters. The van der Waals surface area contributed by atoms with Crippen molar-refractivity contribution in [2.45, 2.75) is 6.42 Å². The quantitative estimate of drug-likeness (QED) is 0.709. The number of rotatable bonds is 2. The summed E-state index contributed by atoms with van der Waals surface area (Å²) in [5.74, 6) is 1.30. The molecule has 136 valence electrons. The molecule has 2 aliphatic heterocycles. The monoisotopic (exact) mass is 360 g/mol. The SMILES string of the molecule is CN1C=C(C(=O)c2ccc3c(c2)OCCO3)c2[nH]c3ccccc3c2CC1. The molecule has 2 aromatic carbocycles. The van der Waals surface area contributed by atoms with Crippen molar-refractivity contribution in [1.29, 1.82) is 0 Å². The maximum absolute atomic E-state index is 13.4. The van der Waals surface area contributed by atoms with E-state index in [2.05, 4.69) is 22.0 Å². The van der Waals surface area contributed by atoms with Gasteiger partial charge >= 0.3 is 0 Å². The molecular formula is C22H20N2O3. The second-order valence-corrected chi connectivity index (χ2v) is 6.99. The predicted molar refractivity (Wildman–Crippen MR) is 104 cm³/mol. The Labute approximate surface area is 157 Å². The van der Waals surface area contributed by atoms with Gasteiger partial charge in [-0.2, -0.15) is 0 Å². The summed E-state index contributed by atoms with van der Waals surface area (Å²) in [6.07, 6.45) is 2.84. The van der Waals surface area contributed by atoms with Crippen molar-refractivity contribution in [3.8, 4) is 11.5 Å². The van der Waals surface area contributed by atoms with Crippen LogP contribution in [-0.4, -0.2) is 42.5 Å². The lowest BCUT2D eigenvalue weighted by Crippen LogP contribution is -2.16. The number of hydrogen-bond acceptors (Lipinski definition) is 4. The number of Topliss-reactive ketones (excluding diaryl/α,β-unsaturated/α-hetero) is 1. The minimum absolute atomic E-state index is 0.0199. The van der Waals surface area contributed by atoms with Gasteiger partial charge in [0.05, 0.1) is 11.3 Å². The molecule has 0 saturated carbocycles. The smallest absolute Gasteiger partial charge is 0.196 e. The maximum atomic E-state index is 13.4. The van der Waals surface area contributed by atoms with Crippen LogP contribution in [0.25, 0.3) is 16.5 Å². The van der Waals surface area contributed by atoms with Gasteiger partial charge in [-0.1, -0.05) is 18.2 Å². The highest BCUT2D eigenvalue weighted by Gasteiger charge is 2.25. The van der Waals surface area contributed by atoms with Crippen molar-refractivity contribution in [3.63, 3.8) is 0 Å². The van der Waals surface area contributed by atoms with Gasteiger partial charge in [-0.25, -0.2) is 0 Å². The molecule has 0 atom stereocenters. The Bertz CT molecular complexity index is 1080. The average molecular weight is 360 g/mol. The van der Waals surface area contributed by atoms with Crippen molar-refractivity contribution < 1.29 is 14.3 Å². The highest BCUT2D eigenvalue weighted by molar-refractivity contribution is 6.29. The molecular weight excluding hydrogens is 340 g/mol. The van der Waals surface area contributed by atoms with Crippen LogP contribution in [0.15, 0.2) is 48.7 Å². The van der Waals surface area contributed by atoms with Crippen LogP contribution in [-0.2, 0) is 6.42 Å². The van der Waals surface area contributed by atoms with Crippen molar-refractivity contribution in [3.05, 3.63) is 65.5 Å². The van der Waals surface area contributed by atoms with Gasteiger partial charge in [0.25, 0.3) is 0 Å². The number of ketones is 1. The fourth-order valence-electron chi connectivity index (χ4n) is 3.84. The van der Waals surface area contributed by atoms with Gasteiger partial charge in [-0.3, -0.25) is 4.79 Å². The summed E-state index contributed by atoms with van der Waals surface area (Å²) in [5.41, 5.74) is 4.46. The van der Waals surface area contributed by atoms with Crippen LogP contribution in [0.4, 0.5) is 0 Å². The normalized spacial score (nSPS) is 15.9. The van der Waals surface area contributed by atoms with E-state index in [-0.39, 0.29) is 5.78 Å². The number of allylic oxidation sites excluding steroid dienone is 1. The minimum atomic E-state index is -0.0199. The summed E-state index contributed by atoms with van der Waals surface area (Å²) < 4.78 is 11.2. The Morgan fingerprint density at radius 2 is 1.89 bits per heavy atom. The van der Waals surface area contributed by atoms with Gasteiger partial charge in [0.15, 0.2) is 17.3 Å². The van der Waals surface area contributed by atoms with Gasteiger partial charge in [-0.15, -0.1) is 0 Å². The summed E-state index contributed by atoms with van der Waals surface area (Å²) in [5, 5.41) is 1.18. The van der Waals surface area contributed by atoms with Gasteiger partial charge in [-0.05, 0) is 36.2 Å². The molecule has 27 heavy (non-hydrogen) atoms. The average Bonchev–Trinajstić information content (AvgIpc) is 2.99. The van der Waals surface area contributed by atoms with Crippen LogP contribution >= 0.6 is 0 Å². The number of fused-ring (bicyclic) bond motifs is 4. The molecule has 0 saturated heterocycles. The summed E-state index contributed by atoms with van der Waals surface area (Å²) >= 11 is 0. The summed E-state index contributed by atoms with van der Waals surface area (Å²) in [6, 6.07) is 13.6. The molecule has 0 aliphatic carbocycles. The molecule has 1 aromatic heterocycles. The maximum Gasteiger partial charge on any atom is 0.196 e. The molecule has 5 heteroatoms. The zero-order chi connectivity index (χ0) is 18.4. The second-order valence-electron chi connectivity index (χ2n) is 6.99. The van der Waals surface area contributed by atoms with Crippen molar-refractivity contribution in [2.75, 3.05) is 26.8 Å². The van der Waals surface area contributed by atoms with Gasteiger partial charge in [0, 0.05) is 36.3 Å². The summed E-state index contributed by atoms with van der Waals surface area (Å²) in [4.78, 5) is 19.0. The third-order valence-corrected chi connectivity index (χ3v) is 5.20. The van der Waals surface area contributed by atoms with Crippen LogP contribution in [0.2, 0.25) is 0 Å². The molecule has 0 spiro atoms. The van der Waals surface area contributed by atoms with Crippen LogP contribution in [0.3, 0.4) is 0 Å². The Morgan fingerprint density at radius 3 is 2.78 bits per heavy atom. The third-order valence-electron chi connectivity index (χ3n) is 5.20. The number of carbonyl (C=O) groups excluding carboxylic acids is 1. The van der Waals surface area contributed by atoms with Gasteiger partial charge < -0.3 is 19.4 Å². The molecule has 1 N–H and O–H groups in total. The van der Waals surface area contributed by atoms with Crippen molar-refractivity contribution >= 4 is 22.3 Å². The van der Waals surface area contributed by atoms with E-state index in [9.17, 15) is 4.79 Å². The molecule has 5 rings (SSSR count). The number of aromatic amines is 1. The first-order valence-corrected chi connectivity index (χ1v) is 9.17. The van der Waals surface area contributed by atoms with Crippen LogP contribution < -0.4 is 9.47 Å². The standard InChI is InChI=1S/C22H20N2O3/c1-24-9-8-16-15-4-2-3-5-18(15)23-21(16)17(13-24)22(25)14-6-7-19-20(12-14)27-11-10-26-19/h2-7,12-13,23H,8-11H2,1H3. The van der Waals surface area contributed by atoms with Crippen molar-refractivity contribution in [2.24, 2.45) is 0 Å². The molecule has 0 fully saturated rings. The number of para-hydroxylation sites is 1. The Morgan fingerprint density at radius 1 is 1.07 bits per heavy atom. The van der Waals surface area contributed by atoms with E-state index in [0.29, 0.717) is 35.8 Å². The number of carbonyl (C=O) groups is 1. The van der Waals surface area contributed by atoms with E-state index in [1.807, 2.05) is 37.5 Å². The number of nitrogens with zero attached hydrogens (tertiary/aromatic N) is 1. The third kappa shape index (κ3) is 2.67. The number of hydrogen-bond donors (Lipinski definition) is 1. The van der Waals surface area contributed by atoms with Crippen LogP contribution in [0.1, 0.15) is 21.6 Å².